The Morgan fingerprint density at radius 3 is 1.06 bits per heavy atom. The van der Waals surface area contributed by atoms with Crippen molar-refractivity contribution in [2.75, 3.05) is 10.6 Å². The number of hydrogen-bond acceptors (Lipinski definition) is 6. The molecule has 8 nitrogen and oxygen atoms in total. The average Bonchev–Trinajstić information content (AvgIpc) is 3.14. The molecular weight excluding hydrogens is 616 g/mol. The molecule has 0 saturated carbocycles. The number of ketones is 2. The van der Waals surface area contributed by atoms with Crippen molar-refractivity contribution in [1.29, 1.82) is 0 Å². The highest BCUT2D eigenvalue weighted by atomic mass is 16.6. The van der Waals surface area contributed by atoms with Crippen molar-refractivity contribution in [2.45, 2.75) is 6.42 Å². The highest BCUT2D eigenvalue weighted by Crippen LogP contribution is 2.20. The summed E-state index contributed by atoms with van der Waals surface area (Å²) in [6.07, 6.45) is -0.657. The Morgan fingerprint density at radius 2 is 0.714 bits per heavy atom. The van der Waals surface area contributed by atoms with Gasteiger partial charge in [0.2, 0.25) is 0 Å². The Bertz CT molecular complexity index is 1910. The molecule has 0 heterocycles. The molecule has 0 aliphatic rings. The first-order chi connectivity index (χ1) is 23.9. The minimum Gasteiger partial charge on any atom is -0.410 e. The summed E-state index contributed by atoms with van der Waals surface area (Å²) in [5, 5.41) is 5.41. The number of benzene rings is 6. The third-order valence-electron chi connectivity index (χ3n) is 7.53. The fourth-order valence-electron chi connectivity index (χ4n) is 5.01. The van der Waals surface area contributed by atoms with Gasteiger partial charge in [0.25, 0.3) is 0 Å². The van der Waals surface area contributed by atoms with Gasteiger partial charge in [-0.15, -0.1) is 0 Å². The van der Waals surface area contributed by atoms with Crippen LogP contribution < -0.4 is 20.1 Å². The number of carbonyl (C=O) groups excluding carboxylic acids is 4. The molecule has 0 aliphatic heterocycles. The van der Waals surface area contributed by atoms with Crippen LogP contribution in [0.2, 0.25) is 0 Å². The second kappa shape index (κ2) is 15.2. The molecule has 6 rings (SSSR count). The van der Waals surface area contributed by atoms with Crippen LogP contribution >= 0.6 is 0 Å². The van der Waals surface area contributed by atoms with Gasteiger partial charge in [0.1, 0.15) is 11.5 Å². The van der Waals surface area contributed by atoms with Crippen LogP contribution in [0.3, 0.4) is 0 Å². The van der Waals surface area contributed by atoms with E-state index in [4.69, 9.17) is 9.47 Å². The van der Waals surface area contributed by atoms with Crippen molar-refractivity contribution in [3.8, 4) is 11.5 Å². The van der Waals surface area contributed by atoms with Crippen LogP contribution in [-0.2, 0) is 6.42 Å². The van der Waals surface area contributed by atoms with Crippen molar-refractivity contribution in [2.24, 2.45) is 0 Å². The Labute approximate surface area is 283 Å². The molecule has 0 unspecified atom stereocenters. The van der Waals surface area contributed by atoms with Gasteiger partial charge in [-0.05, 0) is 90.3 Å². The zero-order valence-electron chi connectivity index (χ0n) is 26.2. The van der Waals surface area contributed by atoms with E-state index in [0.717, 1.165) is 11.1 Å². The second-order valence-corrected chi connectivity index (χ2v) is 11.0. The molecule has 0 fully saturated rings. The van der Waals surface area contributed by atoms with Gasteiger partial charge in [0, 0.05) is 33.6 Å². The number of nitrogens with one attached hydrogen (secondary N) is 2. The second-order valence-electron chi connectivity index (χ2n) is 11.0. The Balaban J connectivity index is 0.951. The minimum atomic E-state index is -0.647. The number of ether oxygens (including phenoxy) is 2. The van der Waals surface area contributed by atoms with Crippen LogP contribution in [0.25, 0.3) is 0 Å². The summed E-state index contributed by atoms with van der Waals surface area (Å²) < 4.78 is 10.7. The van der Waals surface area contributed by atoms with Gasteiger partial charge >= 0.3 is 12.2 Å². The molecule has 2 N–H and O–H groups in total. The first-order valence-corrected chi connectivity index (χ1v) is 15.4. The zero-order chi connectivity index (χ0) is 34.0. The fraction of sp³-hybridized carbons (Fsp3) is 0.0244. The molecule has 6 aromatic rings. The molecule has 8 heteroatoms. The molecule has 0 radical (unpaired) electrons. The van der Waals surface area contributed by atoms with E-state index in [-0.39, 0.29) is 11.6 Å². The number of hydrogen-bond donors (Lipinski definition) is 2. The van der Waals surface area contributed by atoms with Gasteiger partial charge in [-0.2, -0.15) is 0 Å². The van der Waals surface area contributed by atoms with E-state index in [9.17, 15) is 19.2 Å². The predicted molar refractivity (Wildman–Crippen MR) is 188 cm³/mol. The lowest BCUT2D eigenvalue weighted by molar-refractivity contribution is 0.103. The van der Waals surface area contributed by atoms with Crippen LogP contribution in [0.15, 0.2) is 158 Å². The van der Waals surface area contributed by atoms with Gasteiger partial charge in [-0.3, -0.25) is 20.2 Å². The van der Waals surface area contributed by atoms with Gasteiger partial charge in [-0.1, -0.05) is 84.9 Å². The van der Waals surface area contributed by atoms with E-state index in [0.29, 0.717) is 51.5 Å². The molecular formula is C41H30N2O6. The molecule has 0 spiro atoms. The largest absolute Gasteiger partial charge is 0.417 e. The number of carbonyl (C=O) groups is 4. The Kier molecular flexibility index (Phi) is 9.97. The lowest BCUT2D eigenvalue weighted by atomic mass is 10.0. The normalized spacial score (nSPS) is 10.4. The van der Waals surface area contributed by atoms with E-state index >= 15 is 0 Å². The summed E-state index contributed by atoms with van der Waals surface area (Å²) in [5.41, 5.74) is 5.35. The van der Waals surface area contributed by atoms with Gasteiger partial charge in [-0.25, -0.2) is 9.59 Å². The molecule has 49 heavy (non-hydrogen) atoms. The van der Waals surface area contributed by atoms with E-state index in [1.165, 1.54) is 0 Å². The maximum atomic E-state index is 12.6. The summed E-state index contributed by atoms with van der Waals surface area (Å²) in [7, 11) is 0. The predicted octanol–water partition coefficient (Wildman–Crippen LogP) is 8.96. The fourth-order valence-corrected chi connectivity index (χ4v) is 5.01. The van der Waals surface area contributed by atoms with Crippen molar-refractivity contribution in [1.82, 2.24) is 0 Å². The monoisotopic (exact) mass is 646 g/mol. The molecule has 0 bridgehead atoms. The summed E-state index contributed by atoms with van der Waals surface area (Å²) in [5.74, 6) is 0.414. The number of rotatable bonds is 10. The van der Waals surface area contributed by atoms with E-state index in [1.54, 1.807) is 121 Å². The van der Waals surface area contributed by atoms with Crippen LogP contribution in [0.1, 0.15) is 43.0 Å². The van der Waals surface area contributed by atoms with Crippen LogP contribution in [0.5, 0.6) is 11.5 Å². The van der Waals surface area contributed by atoms with E-state index < -0.39 is 12.2 Å². The topological polar surface area (TPSA) is 111 Å². The van der Waals surface area contributed by atoms with E-state index in [2.05, 4.69) is 10.6 Å². The van der Waals surface area contributed by atoms with Crippen molar-refractivity contribution in [3.63, 3.8) is 0 Å². The Morgan fingerprint density at radius 1 is 0.388 bits per heavy atom. The smallest absolute Gasteiger partial charge is 0.410 e. The SMILES string of the molecule is O=C(Nc1ccc(Cc2ccc(NC(=O)Oc3ccc(C(=O)c4ccccc4)cc3)cc2)cc1)Oc1ccc(C(=O)c2ccccc2)cc1. The first kappa shape index (κ1) is 32.2. The maximum absolute atomic E-state index is 12.6. The molecule has 0 aromatic heterocycles. The van der Waals surface area contributed by atoms with Crippen LogP contribution in [0.4, 0.5) is 21.0 Å². The highest BCUT2D eigenvalue weighted by molar-refractivity contribution is 6.09. The molecule has 240 valence electrons. The number of amides is 2. The van der Waals surface area contributed by atoms with Gasteiger partial charge < -0.3 is 9.47 Å². The molecule has 2 amide bonds. The third kappa shape index (κ3) is 8.72. The Hall–Kier alpha value is -6.80. The molecule has 6 aromatic carbocycles. The van der Waals surface area contributed by atoms with Crippen LogP contribution in [-0.4, -0.2) is 23.8 Å². The third-order valence-corrected chi connectivity index (χ3v) is 7.53. The average molecular weight is 647 g/mol. The van der Waals surface area contributed by atoms with E-state index in [1.807, 2.05) is 36.4 Å². The summed E-state index contributed by atoms with van der Waals surface area (Å²) in [6, 6.07) is 45.5. The minimum absolute atomic E-state index is 0.109. The van der Waals surface area contributed by atoms with Crippen LogP contribution in [0, 0.1) is 0 Å². The van der Waals surface area contributed by atoms with Crippen molar-refractivity contribution < 1.29 is 28.7 Å². The van der Waals surface area contributed by atoms with Gasteiger partial charge in [0.05, 0.1) is 0 Å². The number of anilines is 2. The highest BCUT2D eigenvalue weighted by Gasteiger charge is 2.12. The maximum Gasteiger partial charge on any atom is 0.417 e. The zero-order valence-corrected chi connectivity index (χ0v) is 26.2. The summed E-state index contributed by atoms with van der Waals surface area (Å²) >= 11 is 0. The summed E-state index contributed by atoms with van der Waals surface area (Å²) in [6.45, 7) is 0. The lowest BCUT2D eigenvalue weighted by Gasteiger charge is -2.09. The van der Waals surface area contributed by atoms with Crippen molar-refractivity contribution >= 4 is 35.1 Å². The first-order valence-electron chi connectivity index (χ1n) is 15.4. The summed E-state index contributed by atoms with van der Waals surface area (Å²) in [4.78, 5) is 50.0. The molecule has 0 saturated heterocycles. The molecule has 0 aliphatic carbocycles. The quantitative estimate of drug-likeness (QED) is 0.144. The molecule has 0 atom stereocenters. The van der Waals surface area contributed by atoms with Crippen molar-refractivity contribution in [3.05, 3.63) is 191 Å². The van der Waals surface area contributed by atoms with Gasteiger partial charge in [0.15, 0.2) is 11.6 Å². The standard InChI is InChI=1S/C41H30N2O6/c44-38(30-7-3-1-4-8-30)32-15-23-36(24-16-32)48-40(46)42-34-19-11-28(12-20-34)27-29-13-21-35(22-14-29)43-41(47)49-37-25-17-33(18-26-37)39(45)31-9-5-2-6-10-31/h1-26H,27H2,(H,42,46)(H,43,47). The lowest BCUT2D eigenvalue weighted by Crippen LogP contribution is -2.16.